The molecule has 8 nitrogen and oxygen atoms in total. The molecule has 10 heteroatoms. The highest BCUT2D eigenvalue weighted by atomic mass is 35.5. The number of aromatic nitrogens is 2. The van der Waals surface area contributed by atoms with E-state index in [1.807, 2.05) is 0 Å². The smallest absolute Gasteiger partial charge is 0.342 e. The maximum absolute atomic E-state index is 11.6. The summed E-state index contributed by atoms with van der Waals surface area (Å²) in [6.45, 7) is -0.497. The van der Waals surface area contributed by atoms with Gasteiger partial charge < -0.3 is 19.4 Å². The molecule has 0 fully saturated rings. The maximum atomic E-state index is 11.6. The van der Waals surface area contributed by atoms with Crippen LogP contribution in [0.25, 0.3) is 17.5 Å². The van der Waals surface area contributed by atoms with Gasteiger partial charge in [0.15, 0.2) is 6.61 Å². The minimum absolute atomic E-state index is 0.0573. The second-order valence-electron chi connectivity index (χ2n) is 5.55. The van der Waals surface area contributed by atoms with E-state index in [4.69, 9.17) is 25.9 Å². The number of carbonyl (C=O) groups is 2. The van der Waals surface area contributed by atoms with E-state index in [9.17, 15) is 14.7 Å². The third-order valence-electron chi connectivity index (χ3n) is 3.42. The first-order valence-corrected chi connectivity index (χ1v) is 9.27. The zero-order valence-electron chi connectivity index (χ0n) is 14.6. The van der Waals surface area contributed by atoms with Gasteiger partial charge in [0.25, 0.3) is 5.22 Å². The van der Waals surface area contributed by atoms with Crippen molar-refractivity contribution in [2.45, 2.75) is 5.22 Å². The van der Waals surface area contributed by atoms with Crippen LogP contribution in [0.4, 0.5) is 0 Å². The fourth-order valence-corrected chi connectivity index (χ4v) is 2.98. The van der Waals surface area contributed by atoms with Crippen molar-refractivity contribution in [1.82, 2.24) is 10.2 Å². The number of aliphatic carboxylic acids is 2. The monoisotopic (exact) mass is 432 g/mol. The molecule has 0 atom stereocenters. The summed E-state index contributed by atoms with van der Waals surface area (Å²) in [4.78, 5) is 22.2. The molecule has 0 saturated heterocycles. The SMILES string of the molecule is O=C(O)COc1cccc(/C=C(\Sc2nnc(-c3ccc(Cl)cc3)o2)C(=O)O)c1. The highest BCUT2D eigenvalue weighted by molar-refractivity contribution is 8.03. The lowest BCUT2D eigenvalue weighted by atomic mass is 10.2. The lowest BCUT2D eigenvalue weighted by Gasteiger charge is -2.04. The van der Waals surface area contributed by atoms with E-state index >= 15 is 0 Å². The van der Waals surface area contributed by atoms with Gasteiger partial charge in [-0.1, -0.05) is 23.7 Å². The van der Waals surface area contributed by atoms with E-state index in [0.717, 1.165) is 11.8 Å². The molecule has 0 bridgehead atoms. The third-order valence-corrected chi connectivity index (χ3v) is 4.53. The summed E-state index contributed by atoms with van der Waals surface area (Å²) in [7, 11) is 0. The molecular weight excluding hydrogens is 420 g/mol. The molecule has 0 amide bonds. The first-order valence-electron chi connectivity index (χ1n) is 8.07. The van der Waals surface area contributed by atoms with Crippen molar-refractivity contribution >= 4 is 41.4 Å². The van der Waals surface area contributed by atoms with Crippen LogP contribution in [0.3, 0.4) is 0 Å². The Morgan fingerprint density at radius 3 is 2.59 bits per heavy atom. The van der Waals surface area contributed by atoms with Gasteiger partial charge in [-0.25, -0.2) is 9.59 Å². The van der Waals surface area contributed by atoms with Crippen LogP contribution in [0.5, 0.6) is 5.75 Å². The molecule has 0 spiro atoms. The van der Waals surface area contributed by atoms with Crippen LogP contribution in [0.1, 0.15) is 5.56 Å². The summed E-state index contributed by atoms with van der Waals surface area (Å²) < 4.78 is 10.6. The Balaban J connectivity index is 1.79. The van der Waals surface area contributed by atoms with Crippen LogP contribution in [0.15, 0.2) is 63.1 Å². The zero-order chi connectivity index (χ0) is 20.8. The third kappa shape index (κ3) is 5.84. The number of hydrogen-bond acceptors (Lipinski definition) is 7. The molecule has 148 valence electrons. The minimum Gasteiger partial charge on any atom is -0.482 e. The number of hydrogen-bond donors (Lipinski definition) is 2. The molecule has 0 radical (unpaired) electrons. The van der Waals surface area contributed by atoms with Crippen LogP contribution in [-0.2, 0) is 9.59 Å². The van der Waals surface area contributed by atoms with E-state index in [1.165, 1.54) is 12.1 Å². The summed E-state index contributed by atoms with van der Waals surface area (Å²) in [6.07, 6.45) is 1.40. The van der Waals surface area contributed by atoms with Gasteiger partial charge in [0.1, 0.15) is 10.7 Å². The highest BCUT2D eigenvalue weighted by Gasteiger charge is 2.16. The largest absolute Gasteiger partial charge is 0.482 e. The van der Waals surface area contributed by atoms with Crippen molar-refractivity contribution in [1.29, 1.82) is 0 Å². The number of carboxylic acids is 2. The normalized spacial score (nSPS) is 11.3. The first kappa shape index (κ1) is 20.4. The average Bonchev–Trinajstić information content (AvgIpc) is 3.15. The van der Waals surface area contributed by atoms with E-state index in [0.29, 0.717) is 21.9 Å². The highest BCUT2D eigenvalue weighted by Crippen LogP contribution is 2.30. The molecule has 0 aliphatic rings. The van der Waals surface area contributed by atoms with Gasteiger partial charge >= 0.3 is 11.9 Å². The number of ether oxygens (including phenoxy) is 1. The van der Waals surface area contributed by atoms with Crippen molar-refractivity contribution < 1.29 is 29.0 Å². The molecule has 3 rings (SSSR count). The fourth-order valence-electron chi connectivity index (χ4n) is 2.18. The molecule has 29 heavy (non-hydrogen) atoms. The van der Waals surface area contributed by atoms with Gasteiger partial charge in [0, 0.05) is 10.6 Å². The van der Waals surface area contributed by atoms with Gasteiger partial charge in [-0.2, -0.15) is 0 Å². The quantitative estimate of drug-likeness (QED) is 0.400. The predicted molar refractivity (Wildman–Crippen MR) is 106 cm³/mol. The van der Waals surface area contributed by atoms with Gasteiger partial charge in [0.2, 0.25) is 5.89 Å². The Morgan fingerprint density at radius 2 is 1.90 bits per heavy atom. The summed E-state index contributed by atoms with van der Waals surface area (Å²) in [6, 6.07) is 13.2. The van der Waals surface area contributed by atoms with Gasteiger partial charge in [-0.3, -0.25) is 0 Å². The molecule has 3 aromatic rings. The van der Waals surface area contributed by atoms with Crippen LogP contribution in [-0.4, -0.2) is 39.0 Å². The minimum atomic E-state index is -1.18. The van der Waals surface area contributed by atoms with E-state index in [1.54, 1.807) is 42.5 Å². The Bertz CT molecular complexity index is 1060. The fraction of sp³-hybridized carbons (Fsp3) is 0.0526. The molecule has 1 heterocycles. The van der Waals surface area contributed by atoms with Gasteiger partial charge in [0.05, 0.1) is 0 Å². The van der Waals surface area contributed by atoms with Crippen LogP contribution in [0, 0.1) is 0 Å². The van der Waals surface area contributed by atoms with Crippen molar-refractivity contribution in [3.8, 4) is 17.2 Å². The van der Waals surface area contributed by atoms with Crippen molar-refractivity contribution in [3.05, 3.63) is 64.0 Å². The standard InChI is InChI=1S/C19H13ClN2O6S/c20-13-6-4-12(5-7-13)17-21-22-19(28-17)29-15(18(25)26)9-11-2-1-3-14(8-11)27-10-16(23)24/h1-9H,10H2,(H,23,24)(H,25,26)/b15-9-. The van der Waals surface area contributed by atoms with E-state index in [2.05, 4.69) is 10.2 Å². The van der Waals surface area contributed by atoms with Crippen LogP contribution < -0.4 is 4.74 Å². The van der Waals surface area contributed by atoms with Gasteiger partial charge in [-0.15, -0.1) is 10.2 Å². The number of carboxylic acid groups (broad SMARTS) is 2. The zero-order valence-corrected chi connectivity index (χ0v) is 16.2. The topological polar surface area (TPSA) is 123 Å². The molecule has 0 aliphatic carbocycles. The first-order chi connectivity index (χ1) is 13.9. The molecule has 2 N–H and O–H groups in total. The summed E-state index contributed by atoms with van der Waals surface area (Å²) in [5.74, 6) is -1.75. The Labute approximate surface area is 173 Å². The Kier molecular flexibility index (Phi) is 6.53. The Hall–Kier alpha value is -3.30. The molecule has 1 aromatic heterocycles. The maximum Gasteiger partial charge on any atom is 0.342 e. The lowest BCUT2D eigenvalue weighted by molar-refractivity contribution is -0.139. The van der Waals surface area contributed by atoms with Crippen molar-refractivity contribution in [3.63, 3.8) is 0 Å². The lowest BCUT2D eigenvalue weighted by Crippen LogP contribution is -2.09. The molecule has 0 aliphatic heterocycles. The molecule has 0 saturated carbocycles. The number of thioether (sulfide) groups is 1. The number of benzene rings is 2. The number of nitrogens with zero attached hydrogens (tertiary/aromatic N) is 2. The van der Waals surface area contributed by atoms with Crippen molar-refractivity contribution in [2.75, 3.05) is 6.61 Å². The molecular formula is C19H13ClN2O6S. The van der Waals surface area contributed by atoms with Gasteiger partial charge in [-0.05, 0) is 59.8 Å². The summed E-state index contributed by atoms with van der Waals surface area (Å²) >= 11 is 6.64. The Morgan fingerprint density at radius 1 is 1.14 bits per heavy atom. The van der Waals surface area contributed by atoms with Crippen molar-refractivity contribution in [2.24, 2.45) is 0 Å². The number of halogens is 1. The predicted octanol–water partition coefficient (Wildman–Crippen LogP) is 4.07. The summed E-state index contributed by atoms with van der Waals surface area (Å²) in [5, 5.41) is 26.6. The second kappa shape index (κ2) is 9.26. The van der Waals surface area contributed by atoms with Crippen LogP contribution >= 0.6 is 23.4 Å². The second-order valence-corrected chi connectivity index (χ2v) is 6.98. The number of rotatable bonds is 8. The van der Waals surface area contributed by atoms with E-state index < -0.39 is 18.5 Å². The average molecular weight is 433 g/mol. The molecule has 2 aromatic carbocycles. The van der Waals surface area contributed by atoms with E-state index in [-0.39, 0.29) is 16.0 Å². The molecule has 0 unspecified atom stereocenters. The van der Waals surface area contributed by atoms with Crippen LogP contribution in [0.2, 0.25) is 5.02 Å². The summed E-state index contributed by atoms with van der Waals surface area (Å²) in [5.41, 5.74) is 1.16.